The van der Waals surface area contributed by atoms with Gasteiger partial charge < -0.3 is 5.32 Å². The predicted octanol–water partition coefficient (Wildman–Crippen LogP) is 3.57. The molecule has 0 aliphatic rings. The fourth-order valence-corrected chi connectivity index (χ4v) is 2.65. The van der Waals surface area contributed by atoms with Gasteiger partial charge in [-0.05, 0) is 42.9 Å². The van der Waals surface area contributed by atoms with Crippen molar-refractivity contribution in [2.24, 2.45) is 0 Å². The minimum absolute atomic E-state index is 0.268. The van der Waals surface area contributed by atoms with Gasteiger partial charge in [-0.1, -0.05) is 23.9 Å². The number of nitrogens with zero attached hydrogens (tertiary/aromatic N) is 1. The Bertz CT molecular complexity index is 620. The molecule has 0 amide bonds. The number of halogens is 1. The third-order valence-corrected chi connectivity index (χ3v) is 3.63. The fourth-order valence-electron chi connectivity index (χ4n) is 1.73. The molecule has 0 saturated heterocycles. The van der Waals surface area contributed by atoms with Crippen LogP contribution in [0.2, 0.25) is 0 Å². The van der Waals surface area contributed by atoms with Crippen LogP contribution in [0.15, 0.2) is 52.3 Å². The van der Waals surface area contributed by atoms with Gasteiger partial charge in [0.2, 0.25) is 0 Å². The molecule has 0 aliphatic heterocycles. The summed E-state index contributed by atoms with van der Waals surface area (Å²) < 4.78 is 13.1. The Kier molecular flexibility index (Phi) is 4.56. The molecule has 0 heterocycles. The molecule has 0 fully saturated rings. The van der Waals surface area contributed by atoms with Crippen LogP contribution in [0.5, 0.6) is 0 Å². The average molecular weight is 272 g/mol. The van der Waals surface area contributed by atoms with E-state index in [1.54, 1.807) is 6.07 Å². The van der Waals surface area contributed by atoms with Gasteiger partial charge in [0.25, 0.3) is 0 Å². The Balaban J connectivity index is 2.28. The molecule has 0 atom stereocenters. The zero-order valence-corrected chi connectivity index (χ0v) is 11.3. The number of benzene rings is 2. The molecule has 0 spiro atoms. The van der Waals surface area contributed by atoms with Gasteiger partial charge >= 0.3 is 0 Å². The Hall–Kier alpha value is -1.83. The van der Waals surface area contributed by atoms with E-state index in [0.29, 0.717) is 5.56 Å². The van der Waals surface area contributed by atoms with Crippen LogP contribution in [0.25, 0.3) is 0 Å². The van der Waals surface area contributed by atoms with Crippen molar-refractivity contribution in [2.75, 3.05) is 7.05 Å². The highest BCUT2D eigenvalue weighted by Crippen LogP contribution is 2.31. The lowest BCUT2D eigenvalue weighted by Gasteiger charge is -2.06. The van der Waals surface area contributed by atoms with E-state index in [9.17, 15) is 9.65 Å². The summed E-state index contributed by atoms with van der Waals surface area (Å²) >= 11 is 1.40. The average Bonchev–Trinajstić information content (AvgIpc) is 2.41. The van der Waals surface area contributed by atoms with E-state index in [0.717, 1.165) is 21.9 Å². The monoisotopic (exact) mass is 272 g/mol. The standard InChI is InChI=1S/C15H13FN2S/c1-18-10-11-5-6-15(12(7-11)9-17)19-14-4-2-3-13(16)8-14/h2-8,18H,10H2,1H3. The van der Waals surface area contributed by atoms with E-state index in [2.05, 4.69) is 11.4 Å². The van der Waals surface area contributed by atoms with E-state index in [1.807, 2.05) is 31.3 Å². The quantitative estimate of drug-likeness (QED) is 0.924. The van der Waals surface area contributed by atoms with Gasteiger partial charge in [0.15, 0.2) is 0 Å². The van der Waals surface area contributed by atoms with E-state index < -0.39 is 0 Å². The smallest absolute Gasteiger partial charge is 0.124 e. The molecular formula is C15H13FN2S. The summed E-state index contributed by atoms with van der Waals surface area (Å²) in [6.45, 7) is 0.722. The Morgan fingerprint density at radius 3 is 2.79 bits per heavy atom. The lowest BCUT2D eigenvalue weighted by molar-refractivity contribution is 0.624. The largest absolute Gasteiger partial charge is 0.316 e. The molecule has 4 heteroatoms. The second kappa shape index (κ2) is 6.37. The van der Waals surface area contributed by atoms with Crippen molar-refractivity contribution in [3.8, 4) is 6.07 Å². The van der Waals surface area contributed by atoms with Gasteiger partial charge in [-0.2, -0.15) is 5.26 Å². The van der Waals surface area contributed by atoms with Crippen LogP contribution in [0.4, 0.5) is 4.39 Å². The Labute approximate surface area is 116 Å². The molecule has 2 rings (SSSR count). The van der Waals surface area contributed by atoms with Crippen molar-refractivity contribution in [1.29, 1.82) is 5.26 Å². The maximum absolute atomic E-state index is 13.1. The summed E-state index contributed by atoms with van der Waals surface area (Å²) in [6.07, 6.45) is 0. The molecule has 96 valence electrons. The highest BCUT2D eigenvalue weighted by molar-refractivity contribution is 7.99. The zero-order chi connectivity index (χ0) is 13.7. The molecule has 0 radical (unpaired) electrons. The summed E-state index contributed by atoms with van der Waals surface area (Å²) in [6, 6.07) is 14.3. The second-order valence-electron chi connectivity index (χ2n) is 4.03. The molecule has 0 aromatic heterocycles. The second-order valence-corrected chi connectivity index (χ2v) is 5.15. The SMILES string of the molecule is CNCc1ccc(Sc2cccc(F)c2)c(C#N)c1. The third kappa shape index (κ3) is 3.57. The van der Waals surface area contributed by atoms with Crippen LogP contribution in [0.1, 0.15) is 11.1 Å². The Morgan fingerprint density at radius 1 is 1.26 bits per heavy atom. The summed E-state index contributed by atoms with van der Waals surface area (Å²) in [5, 5.41) is 12.2. The van der Waals surface area contributed by atoms with Crippen molar-refractivity contribution in [3.63, 3.8) is 0 Å². The first kappa shape index (κ1) is 13.6. The third-order valence-electron chi connectivity index (χ3n) is 2.57. The van der Waals surface area contributed by atoms with Crippen LogP contribution in [-0.2, 0) is 6.54 Å². The van der Waals surface area contributed by atoms with Crippen LogP contribution in [0, 0.1) is 17.1 Å². The number of rotatable bonds is 4. The molecule has 0 unspecified atom stereocenters. The molecule has 0 aliphatic carbocycles. The summed E-state index contributed by atoms with van der Waals surface area (Å²) in [7, 11) is 1.86. The minimum atomic E-state index is -0.268. The number of hydrogen-bond donors (Lipinski definition) is 1. The highest BCUT2D eigenvalue weighted by atomic mass is 32.2. The molecule has 2 aromatic rings. The van der Waals surface area contributed by atoms with Gasteiger partial charge in [-0.25, -0.2) is 4.39 Å². The van der Waals surface area contributed by atoms with Crippen LogP contribution >= 0.6 is 11.8 Å². The van der Waals surface area contributed by atoms with Crippen molar-refractivity contribution < 1.29 is 4.39 Å². The normalized spacial score (nSPS) is 10.2. The van der Waals surface area contributed by atoms with Gasteiger partial charge in [0, 0.05) is 16.3 Å². The fraction of sp³-hybridized carbons (Fsp3) is 0.133. The lowest BCUT2D eigenvalue weighted by Crippen LogP contribution is -2.05. The number of hydrogen-bond acceptors (Lipinski definition) is 3. The van der Waals surface area contributed by atoms with Gasteiger partial charge in [0.1, 0.15) is 11.9 Å². The number of nitriles is 1. The summed E-state index contributed by atoms with van der Waals surface area (Å²) in [5.41, 5.74) is 1.67. The van der Waals surface area contributed by atoms with E-state index >= 15 is 0 Å². The van der Waals surface area contributed by atoms with E-state index in [-0.39, 0.29) is 5.82 Å². The molecule has 19 heavy (non-hydrogen) atoms. The molecular weight excluding hydrogens is 259 g/mol. The maximum Gasteiger partial charge on any atom is 0.124 e. The summed E-state index contributed by atoms with van der Waals surface area (Å²) in [5.74, 6) is -0.268. The van der Waals surface area contributed by atoms with Crippen molar-refractivity contribution in [1.82, 2.24) is 5.32 Å². The maximum atomic E-state index is 13.1. The minimum Gasteiger partial charge on any atom is -0.316 e. The molecule has 2 nitrogen and oxygen atoms in total. The van der Waals surface area contributed by atoms with Gasteiger partial charge in [-0.15, -0.1) is 0 Å². The van der Waals surface area contributed by atoms with E-state index in [4.69, 9.17) is 0 Å². The zero-order valence-electron chi connectivity index (χ0n) is 10.5. The first-order valence-corrected chi connectivity index (χ1v) is 6.65. The molecule has 2 aromatic carbocycles. The number of nitrogens with one attached hydrogen (secondary N) is 1. The molecule has 0 bridgehead atoms. The molecule has 1 N–H and O–H groups in total. The van der Waals surface area contributed by atoms with Gasteiger partial charge in [0.05, 0.1) is 5.56 Å². The van der Waals surface area contributed by atoms with Crippen molar-refractivity contribution >= 4 is 11.8 Å². The first-order chi connectivity index (χ1) is 9.22. The van der Waals surface area contributed by atoms with Crippen LogP contribution in [-0.4, -0.2) is 7.05 Å². The van der Waals surface area contributed by atoms with Crippen molar-refractivity contribution in [3.05, 3.63) is 59.4 Å². The van der Waals surface area contributed by atoms with Crippen LogP contribution in [0.3, 0.4) is 0 Å². The lowest BCUT2D eigenvalue weighted by atomic mass is 10.1. The first-order valence-electron chi connectivity index (χ1n) is 5.84. The predicted molar refractivity (Wildman–Crippen MR) is 74.4 cm³/mol. The highest BCUT2D eigenvalue weighted by Gasteiger charge is 2.06. The van der Waals surface area contributed by atoms with Crippen molar-refractivity contribution in [2.45, 2.75) is 16.3 Å². The van der Waals surface area contributed by atoms with Gasteiger partial charge in [-0.3, -0.25) is 0 Å². The summed E-state index contributed by atoms with van der Waals surface area (Å²) in [4.78, 5) is 1.63. The van der Waals surface area contributed by atoms with E-state index in [1.165, 1.54) is 23.9 Å². The Morgan fingerprint density at radius 2 is 2.11 bits per heavy atom. The van der Waals surface area contributed by atoms with Crippen LogP contribution < -0.4 is 5.32 Å². The molecule has 0 saturated carbocycles. The topological polar surface area (TPSA) is 35.8 Å².